The molecule has 1 atom stereocenters. The molecule has 11 heavy (non-hydrogen) atoms. The van der Waals surface area contributed by atoms with Crippen LogP contribution in [0, 0.1) is 11.3 Å². The molecular formula is C7H4ClNOS. The molecule has 0 aliphatic heterocycles. The van der Waals surface area contributed by atoms with Gasteiger partial charge < -0.3 is 4.55 Å². The van der Waals surface area contributed by atoms with Gasteiger partial charge in [0.05, 0.1) is 11.6 Å². The molecule has 1 aromatic rings. The minimum Gasteiger partial charge on any atom is -0.594 e. The van der Waals surface area contributed by atoms with Gasteiger partial charge in [-0.25, -0.2) is 0 Å². The van der Waals surface area contributed by atoms with Crippen LogP contribution in [0.4, 0.5) is 0 Å². The number of hydrogen-bond acceptors (Lipinski definition) is 2. The lowest BCUT2D eigenvalue weighted by molar-refractivity contribution is 0.608. The minimum atomic E-state index is -1.52. The van der Waals surface area contributed by atoms with Crippen LogP contribution in [0.15, 0.2) is 29.2 Å². The second-order valence-corrected chi connectivity index (χ2v) is 3.62. The average Bonchev–Trinajstić information content (AvgIpc) is 2.05. The summed E-state index contributed by atoms with van der Waals surface area (Å²) >= 11 is 0. The predicted molar refractivity (Wildman–Crippen MR) is 43.4 cm³/mol. The number of rotatable bonds is 1. The number of nitrogens with zero attached hydrogens (tertiary/aromatic N) is 1. The van der Waals surface area contributed by atoms with E-state index in [-0.39, 0.29) is 0 Å². The first kappa shape index (κ1) is 8.41. The minimum absolute atomic E-state index is 0.464. The van der Waals surface area contributed by atoms with Crippen molar-refractivity contribution in [3.05, 3.63) is 29.8 Å². The molecule has 0 saturated heterocycles. The lowest BCUT2D eigenvalue weighted by Crippen LogP contribution is -1.90. The summed E-state index contributed by atoms with van der Waals surface area (Å²) in [6.07, 6.45) is 0. The Morgan fingerprint density at radius 1 is 1.55 bits per heavy atom. The highest BCUT2D eigenvalue weighted by atomic mass is 35.7. The van der Waals surface area contributed by atoms with E-state index in [0.717, 1.165) is 0 Å². The molecule has 0 bridgehead atoms. The Morgan fingerprint density at radius 2 is 2.27 bits per heavy atom. The van der Waals surface area contributed by atoms with E-state index in [0.29, 0.717) is 10.5 Å². The van der Waals surface area contributed by atoms with Crippen molar-refractivity contribution in [2.24, 2.45) is 0 Å². The molecule has 0 spiro atoms. The third-order valence-electron chi connectivity index (χ3n) is 1.15. The van der Waals surface area contributed by atoms with E-state index in [2.05, 4.69) is 0 Å². The molecule has 0 fully saturated rings. The van der Waals surface area contributed by atoms with Gasteiger partial charge >= 0.3 is 0 Å². The van der Waals surface area contributed by atoms with Crippen LogP contribution in [0.2, 0.25) is 0 Å². The summed E-state index contributed by atoms with van der Waals surface area (Å²) < 4.78 is 10.7. The maximum Gasteiger partial charge on any atom is 0.181 e. The standard InChI is InChI=1S/C7H4ClNOS/c8-11(10)7-3-1-2-6(4-7)5-9/h1-4H. The Kier molecular flexibility index (Phi) is 2.77. The van der Waals surface area contributed by atoms with Crippen molar-refractivity contribution in [2.45, 2.75) is 4.90 Å². The first-order valence-electron chi connectivity index (χ1n) is 2.82. The zero-order valence-electron chi connectivity index (χ0n) is 5.45. The number of nitriles is 1. The Hall–Kier alpha value is -0.690. The number of halogens is 1. The third-order valence-corrected chi connectivity index (χ3v) is 2.31. The Balaban J connectivity index is 3.03. The van der Waals surface area contributed by atoms with E-state index in [9.17, 15) is 4.55 Å². The van der Waals surface area contributed by atoms with Crippen molar-refractivity contribution >= 4 is 21.1 Å². The van der Waals surface area contributed by atoms with Gasteiger partial charge in [-0.3, -0.25) is 0 Å². The van der Waals surface area contributed by atoms with E-state index in [1.807, 2.05) is 6.07 Å². The van der Waals surface area contributed by atoms with E-state index in [1.54, 1.807) is 18.2 Å². The van der Waals surface area contributed by atoms with Gasteiger partial charge in [0, 0.05) is 6.07 Å². The molecule has 0 aliphatic carbocycles. The van der Waals surface area contributed by atoms with Gasteiger partial charge in [0.2, 0.25) is 0 Å². The van der Waals surface area contributed by atoms with Gasteiger partial charge in [0.1, 0.15) is 10.4 Å². The lowest BCUT2D eigenvalue weighted by Gasteiger charge is -1.97. The Bertz CT molecular complexity index is 295. The fourth-order valence-electron chi connectivity index (χ4n) is 0.665. The molecule has 56 valence electrons. The van der Waals surface area contributed by atoms with Crippen LogP contribution in [0.1, 0.15) is 5.56 Å². The summed E-state index contributed by atoms with van der Waals surface area (Å²) in [6.45, 7) is 0. The molecule has 0 aliphatic rings. The predicted octanol–water partition coefficient (Wildman–Crippen LogP) is 1.82. The van der Waals surface area contributed by atoms with Gasteiger partial charge in [-0.2, -0.15) is 5.26 Å². The van der Waals surface area contributed by atoms with Crippen molar-refractivity contribution in [2.75, 3.05) is 0 Å². The smallest absolute Gasteiger partial charge is 0.181 e. The van der Waals surface area contributed by atoms with Crippen molar-refractivity contribution in [3.63, 3.8) is 0 Å². The van der Waals surface area contributed by atoms with Crippen LogP contribution in [-0.4, -0.2) is 4.55 Å². The second kappa shape index (κ2) is 3.63. The molecule has 1 aromatic carbocycles. The summed E-state index contributed by atoms with van der Waals surface area (Å²) in [6, 6.07) is 8.33. The maximum atomic E-state index is 10.7. The van der Waals surface area contributed by atoms with Crippen LogP contribution >= 0.6 is 10.7 Å². The van der Waals surface area contributed by atoms with E-state index in [4.69, 9.17) is 15.9 Å². The van der Waals surface area contributed by atoms with Crippen molar-refractivity contribution in [1.82, 2.24) is 0 Å². The Labute approximate surface area is 72.1 Å². The zero-order chi connectivity index (χ0) is 8.27. The molecule has 2 nitrogen and oxygen atoms in total. The van der Waals surface area contributed by atoms with Crippen LogP contribution in [0.25, 0.3) is 0 Å². The van der Waals surface area contributed by atoms with E-state index >= 15 is 0 Å². The van der Waals surface area contributed by atoms with Crippen LogP contribution in [-0.2, 0) is 10.4 Å². The van der Waals surface area contributed by atoms with E-state index in [1.165, 1.54) is 6.07 Å². The van der Waals surface area contributed by atoms with Crippen molar-refractivity contribution in [1.29, 1.82) is 5.26 Å². The summed E-state index contributed by atoms with van der Waals surface area (Å²) in [7, 11) is 3.78. The van der Waals surface area contributed by atoms with Gasteiger partial charge in [-0.1, -0.05) is 6.07 Å². The molecule has 1 rings (SSSR count). The van der Waals surface area contributed by atoms with E-state index < -0.39 is 10.4 Å². The zero-order valence-corrected chi connectivity index (χ0v) is 7.02. The topological polar surface area (TPSA) is 46.8 Å². The lowest BCUT2D eigenvalue weighted by atomic mass is 10.2. The fourth-order valence-corrected chi connectivity index (χ4v) is 1.36. The quantitative estimate of drug-likeness (QED) is 0.627. The molecule has 1 unspecified atom stereocenters. The molecule has 0 heterocycles. The van der Waals surface area contributed by atoms with Gasteiger partial charge in [0.25, 0.3) is 0 Å². The van der Waals surface area contributed by atoms with Gasteiger partial charge in [-0.15, -0.1) is 0 Å². The highest BCUT2D eigenvalue weighted by molar-refractivity contribution is 8.13. The summed E-state index contributed by atoms with van der Waals surface area (Å²) in [5.41, 5.74) is 0.469. The molecule has 0 radical (unpaired) electrons. The highest BCUT2D eigenvalue weighted by Gasteiger charge is 2.07. The number of benzene rings is 1. The SMILES string of the molecule is N#Cc1cccc([S+]([O-])Cl)c1. The number of hydrogen-bond donors (Lipinski definition) is 0. The van der Waals surface area contributed by atoms with Crippen LogP contribution < -0.4 is 0 Å². The van der Waals surface area contributed by atoms with Crippen LogP contribution in [0.3, 0.4) is 0 Å². The largest absolute Gasteiger partial charge is 0.594 e. The summed E-state index contributed by atoms with van der Waals surface area (Å²) in [4.78, 5) is 0.464. The van der Waals surface area contributed by atoms with Gasteiger partial charge in [-0.05, 0) is 12.1 Å². The maximum absolute atomic E-state index is 10.7. The summed E-state index contributed by atoms with van der Waals surface area (Å²) in [5.74, 6) is 0. The first-order valence-corrected chi connectivity index (χ1v) is 4.80. The van der Waals surface area contributed by atoms with Gasteiger partial charge in [0.15, 0.2) is 15.6 Å². The second-order valence-electron chi connectivity index (χ2n) is 1.86. The summed E-state index contributed by atoms with van der Waals surface area (Å²) in [5, 5.41) is 8.45. The van der Waals surface area contributed by atoms with Crippen LogP contribution in [0.5, 0.6) is 0 Å². The highest BCUT2D eigenvalue weighted by Crippen LogP contribution is 2.15. The normalized spacial score (nSPS) is 12.1. The molecule has 0 amide bonds. The molecule has 4 heteroatoms. The molecular weight excluding hydrogens is 182 g/mol. The average molecular weight is 186 g/mol. The Morgan fingerprint density at radius 3 is 2.82 bits per heavy atom. The van der Waals surface area contributed by atoms with Crippen molar-refractivity contribution in [3.8, 4) is 6.07 Å². The van der Waals surface area contributed by atoms with Crippen molar-refractivity contribution < 1.29 is 4.55 Å². The fraction of sp³-hybridized carbons (Fsp3) is 0. The monoisotopic (exact) mass is 185 g/mol. The molecule has 0 saturated carbocycles. The third kappa shape index (κ3) is 2.12. The first-order chi connectivity index (χ1) is 5.24. The molecule has 0 aromatic heterocycles. The molecule has 0 N–H and O–H groups in total.